The number of carbonyl (C=O) groups excluding carboxylic acids is 1. The fourth-order valence-corrected chi connectivity index (χ4v) is 4.38. The van der Waals surface area contributed by atoms with Gasteiger partial charge in [-0.05, 0) is 62.8 Å². The molecule has 0 atom stereocenters. The summed E-state index contributed by atoms with van der Waals surface area (Å²) in [6, 6.07) is 20.5. The van der Waals surface area contributed by atoms with Gasteiger partial charge in [0.25, 0.3) is 0 Å². The number of nitrogens with zero attached hydrogens (tertiary/aromatic N) is 3. The van der Waals surface area contributed by atoms with Crippen molar-refractivity contribution in [2.75, 3.05) is 24.7 Å². The second kappa shape index (κ2) is 11.6. The first-order valence-electron chi connectivity index (χ1n) is 11.7. The minimum Gasteiger partial charge on any atom is -0.464 e. The summed E-state index contributed by atoms with van der Waals surface area (Å²) >= 11 is 0. The van der Waals surface area contributed by atoms with E-state index in [1.54, 1.807) is 6.92 Å². The zero-order chi connectivity index (χ0) is 22.9. The molecule has 0 unspecified atom stereocenters. The number of ether oxygens (including phenoxy) is 2. The highest BCUT2D eigenvalue weighted by atomic mass is 16.6. The van der Waals surface area contributed by atoms with Gasteiger partial charge in [0.05, 0.1) is 25.1 Å². The van der Waals surface area contributed by atoms with Crippen LogP contribution in [0.4, 0.5) is 17.2 Å². The summed E-state index contributed by atoms with van der Waals surface area (Å²) in [4.78, 5) is 23.2. The molecule has 6 nitrogen and oxygen atoms in total. The van der Waals surface area contributed by atoms with Crippen LogP contribution in [-0.2, 0) is 14.3 Å². The fraction of sp³-hybridized carbons (Fsp3) is 0.370. The molecule has 0 radical (unpaired) electrons. The summed E-state index contributed by atoms with van der Waals surface area (Å²) in [6.45, 7) is 2.83. The lowest BCUT2D eigenvalue weighted by molar-refractivity contribution is -0.149. The van der Waals surface area contributed by atoms with E-state index in [2.05, 4.69) is 34.1 Å². The third-order valence-corrected chi connectivity index (χ3v) is 6.04. The van der Waals surface area contributed by atoms with Gasteiger partial charge in [-0.2, -0.15) is 0 Å². The minimum absolute atomic E-state index is 0.0378. The van der Waals surface area contributed by atoms with E-state index in [1.807, 2.05) is 48.8 Å². The van der Waals surface area contributed by atoms with Crippen molar-refractivity contribution in [3.05, 3.63) is 78.8 Å². The molecule has 0 aliphatic heterocycles. The van der Waals surface area contributed by atoms with E-state index in [0.29, 0.717) is 25.0 Å². The van der Waals surface area contributed by atoms with Crippen LogP contribution in [0.5, 0.6) is 0 Å². The van der Waals surface area contributed by atoms with Crippen molar-refractivity contribution in [3.8, 4) is 0 Å². The Morgan fingerprint density at radius 1 is 0.939 bits per heavy atom. The number of hydrogen-bond acceptors (Lipinski definition) is 6. The van der Waals surface area contributed by atoms with Crippen molar-refractivity contribution in [2.24, 2.45) is 5.92 Å². The molecule has 2 aromatic carbocycles. The minimum atomic E-state index is -0.292. The molecule has 33 heavy (non-hydrogen) atoms. The third-order valence-electron chi connectivity index (χ3n) is 6.04. The predicted molar refractivity (Wildman–Crippen MR) is 129 cm³/mol. The van der Waals surface area contributed by atoms with Crippen molar-refractivity contribution < 1.29 is 14.3 Å². The van der Waals surface area contributed by atoms with E-state index in [1.165, 1.54) is 0 Å². The summed E-state index contributed by atoms with van der Waals surface area (Å²) in [5.41, 5.74) is 3.14. The number of hydrogen-bond donors (Lipinski definition) is 0. The predicted octanol–water partition coefficient (Wildman–Crippen LogP) is 5.80. The molecule has 0 N–H and O–H groups in total. The second-order valence-electron chi connectivity index (χ2n) is 8.35. The van der Waals surface area contributed by atoms with Crippen molar-refractivity contribution in [1.29, 1.82) is 0 Å². The standard InChI is InChI=1S/C27H31N3O3/c1-2-33-27(31)20-32-19-21-13-15-22(16-14-21)25-17-28-18-26(29-25)30(23-9-5-3-6-10-23)24-11-7-4-8-12-24/h3-12,17-18,21-22H,2,13-16,19-20H2,1H3. The molecule has 0 amide bonds. The quantitative estimate of drug-likeness (QED) is 0.388. The lowest BCUT2D eigenvalue weighted by Gasteiger charge is -2.29. The first kappa shape index (κ1) is 22.9. The van der Waals surface area contributed by atoms with Gasteiger partial charge in [-0.15, -0.1) is 0 Å². The van der Waals surface area contributed by atoms with Gasteiger partial charge >= 0.3 is 5.97 Å². The number of rotatable bonds is 9. The zero-order valence-electron chi connectivity index (χ0n) is 19.1. The van der Waals surface area contributed by atoms with Gasteiger partial charge in [0.1, 0.15) is 6.61 Å². The molecule has 1 aliphatic carbocycles. The van der Waals surface area contributed by atoms with Crippen LogP contribution in [0.1, 0.15) is 44.2 Å². The smallest absolute Gasteiger partial charge is 0.332 e. The van der Waals surface area contributed by atoms with E-state index >= 15 is 0 Å². The maximum Gasteiger partial charge on any atom is 0.332 e. The second-order valence-corrected chi connectivity index (χ2v) is 8.35. The monoisotopic (exact) mass is 445 g/mol. The van der Waals surface area contributed by atoms with E-state index in [-0.39, 0.29) is 12.6 Å². The van der Waals surface area contributed by atoms with Gasteiger partial charge < -0.3 is 9.47 Å². The van der Waals surface area contributed by atoms with Crippen molar-refractivity contribution >= 4 is 23.2 Å². The number of esters is 1. The van der Waals surface area contributed by atoms with E-state index in [9.17, 15) is 4.79 Å². The Bertz CT molecular complexity index is 966. The molecule has 6 heteroatoms. The van der Waals surface area contributed by atoms with Crippen molar-refractivity contribution in [1.82, 2.24) is 9.97 Å². The Morgan fingerprint density at radius 2 is 1.58 bits per heavy atom. The van der Waals surface area contributed by atoms with Crippen molar-refractivity contribution in [3.63, 3.8) is 0 Å². The highest BCUT2D eigenvalue weighted by molar-refractivity contribution is 5.73. The third kappa shape index (κ3) is 6.17. The number of carbonyl (C=O) groups is 1. The number of anilines is 3. The summed E-state index contributed by atoms with van der Waals surface area (Å²) in [5, 5.41) is 0. The Balaban J connectivity index is 1.43. The Morgan fingerprint density at radius 3 is 2.18 bits per heavy atom. The Hall–Kier alpha value is -3.25. The van der Waals surface area contributed by atoms with Crippen molar-refractivity contribution in [2.45, 2.75) is 38.5 Å². The molecule has 0 bridgehead atoms. The normalized spacial score (nSPS) is 18.0. The first-order chi connectivity index (χ1) is 16.2. The van der Waals surface area contributed by atoms with Gasteiger partial charge in [0.15, 0.2) is 5.82 Å². The van der Waals surface area contributed by atoms with Crippen LogP contribution in [0.3, 0.4) is 0 Å². The van der Waals surface area contributed by atoms with Gasteiger partial charge in [0.2, 0.25) is 0 Å². The van der Waals surface area contributed by atoms with Crippen LogP contribution in [0.2, 0.25) is 0 Å². The highest BCUT2D eigenvalue weighted by Crippen LogP contribution is 2.37. The van der Waals surface area contributed by atoms with E-state index in [0.717, 1.165) is 48.6 Å². The summed E-state index contributed by atoms with van der Waals surface area (Å²) in [5.74, 6) is 1.38. The molecule has 0 saturated heterocycles. The molecular formula is C27H31N3O3. The molecule has 1 aromatic heterocycles. The average Bonchev–Trinajstić information content (AvgIpc) is 2.86. The van der Waals surface area contributed by atoms with Gasteiger partial charge in [-0.3, -0.25) is 9.88 Å². The number of para-hydroxylation sites is 2. The van der Waals surface area contributed by atoms with Crippen LogP contribution in [-0.4, -0.2) is 35.8 Å². The lowest BCUT2D eigenvalue weighted by atomic mass is 9.81. The topological polar surface area (TPSA) is 64.6 Å². The fourth-order valence-electron chi connectivity index (χ4n) is 4.38. The summed E-state index contributed by atoms with van der Waals surface area (Å²) in [6.07, 6.45) is 7.93. The van der Waals surface area contributed by atoms with Crippen LogP contribution < -0.4 is 4.90 Å². The van der Waals surface area contributed by atoms with Gasteiger partial charge in [0, 0.05) is 23.5 Å². The summed E-state index contributed by atoms with van der Waals surface area (Å²) in [7, 11) is 0. The molecule has 4 rings (SSSR count). The zero-order valence-corrected chi connectivity index (χ0v) is 19.1. The lowest BCUT2D eigenvalue weighted by Crippen LogP contribution is -2.21. The van der Waals surface area contributed by atoms with Crippen LogP contribution in [0.15, 0.2) is 73.1 Å². The van der Waals surface area contributed by atoms with Crippen LogP contribution in [0.25, 0.3) is 0 Å². The average molecular weight is 446 g/mol. The largest absolute Gasteiger partial charge is 0.464 e. The highest BCUT2D eigenvalue weighted by Gasteiger charge is 2.25. The number of benzene rings is 2. The summed E-state index contributed by atoms with van der Waals surface area (Å²) < 4.78 is 10.5. The molecule has 1 saturated carbocycles. The van der Waals surface area contributed by atoms with Crippen LogP contribution >= 0.6 is 0 Å². The molecule has 1 fully saturated rings. The van der Waals surface area contributed by atoms with Crippen LogP contribution in [0, 0.1) is 5.92 Å². The number of aromatic nitrogens is 2. The molecule has 172 valence electrons. The Kier molecular flexibility index (Phi) is 8.04. The maximum absolute atomic E-state index is 11.4. The maximum atomic E-state index is 11.4. The molecule has 0 spiro atoms. The Labute approximate surface area is 195 Å². The van der Waals surface area contributed by atoms with E-state index < -0.39 is 0 Å². The van der Waals surface area contributed by atoms with E-state index in [4.69, 9.17) is 14.5 Å². The van der Waals surface area contributed by atoms with Gasteiger partial charge in [-0.25, -0.2) is 9.78 Å². The van der Waals surface area contributed by atoms with Gasteiger partial charge in [-0.1, -0.05) is 36.4 Å². The SMILES string of the molecule is CCOC(=O)COCC1CCC(c2cncc(N(c3ccccc3)c3ccccc3)n2)CC1. The molecule has 1 aliphatic rings. The molecular weight excluding hydrogens is 414 g/mol. The molecule has 3 aromatic rings. The molecule has 1 heterocycles. The first-order valence-corrected chi connectivity index (χ1v) is 11.7.